The number of amides is 1. The highest BCUT2D eigenvalue weighted by Gasteiger charge is 2.05. The molecular formula is C19H17ClFN5O. The summed E-state index contributed by atoms with van der Waals surface area (Å²) in [6.07, 6.45) is 1.81. The number of anilines is 5. The lowest BCUT2D eigenvalue weighted by atomic mass is 10.2. The normalized spacial score (nSPS) is 10.3. The second-order valence-corrected chi connectivity index (χ2v) is 6.06. The maximum atomic E-state index is 13.3. The molecule has 0 fully saturated rings. The van der Waals surface area contributed by atoms with Crippen LogP contribution in [0.4, 0.5) is 33.1 Å². The van der Waals surface area contributed by atoms with Gasteiger partial charge in [0.1, 0.15) is 23.8 Å². The van der Waals surface area contributed by atoms with Gasteiger partial charge in [0.25, 0.3) is 0 Å². The lowest BCUT2D eigenvalue weighted by Crippen LogP contribution is -2.09. The molecule has 0 saturated carbocycles. The first-order chi connectivity index (χ1) is 13.0. The average Bonchev–Trinajstić information content (AvgIpc) is 2.65. The maximum Gasteiger partial charge on any atom is 0.224 e. The summed E-state index contributed by atoms with van der Waals surface area (Å²) < 4.78 is 13.3. The Kier molecular flexibility index (Phi) is 5.83. The van der Waals surface area contributed by atoms with Crippen LogP contribution in [0.2, 0.25) is 5.02 Å². The van der Waals surface area contributed by atoms with E-state index in [-0.39, 0.29) is 10.9 Å². The molecule has 0 atom stereocenters. The molecule has 3 N–H and O–H groups in total. The van der Waals surface area contributed by atoms with Gasteiger partial charge in [-0.15, -0.1) is 0 Å². The highest BCUT2D eigenvalue weighted by Crippen LogP contribution is 2.24. The topological polar surface area (TPSA) is 78.9 Å². The van der Waals surface area contributed by atoms with Crippen molar-refractivity contribution in [1.29, 1.82) is 0 Å². The second kappa shape index (κ2) is 8.46. The largest absolute Gasteiger partial charge is 0.340 e. The molecule has 1 amide bonds. The second-order valence-electron chi connectivity index (χ2n) is 5.65. The molecule has 3 aromatic rings. The van der Waals surface area contributed by atoms with Crippen molar-refractivity contribution in [1.82, 2.24) is 9.97 Å². The smallest absolute Gasteiger partial charge is 0.224 e. The minimum atomic E-state index is -0.484. The Morgan fingerprint density at radius 1 is 1.00 bits per heavy atom. The molecule has 1 heterocycles. The van der Waals surface area contributed by atoms with Crippen molar-refractivity contribution in [3.63, 3.8) is 0 Å². The molecule has 0 spiro atoms. The molecule has 0 bridgehead atoms. The highest BCUT2D eigenvalue weighted by molar-refractivity contribution is 6.31. The lowest BCUT2D eigenvalue weighted by Gasteiger charge is -2.10. The molecule has 0 unspecified atom stereocenters. The van der Waals surface area contributed by atoms with Gasteiger partial charge in [-0.1, -0.05) is 24.6 Å². The first-order valence-corrected chi connectivity index (χ1v) is 8.62. The van der Waals surface area contributed by atoms with Crippen molar-refractivity contribution in [2.45, 2.75) is 13.3 Å². The Bertz CT molecular complexity index is 966. The molecule has 0 radical (unpaired) electrons. The van der Waals surface area contributed by atoms with Crippen molar-refractivity contribution in [3.8, 4) is 0 Å². The number of rotatable bonds is 6. The fourth-order valence-electron chi connectivity index (χ4n) is 2.29. The van der Waals surface area contributed by atoms with Crippen molar-refractivity contribution in [3.05, 3.63) is 65.7 Å². The van der Waals surface area contributed by atoms with Crippen LogP contribution >= 0.6 is 11.6 Å². The number of carbonyl (C=O) groups excluding carboxylic acids is 1. The van der Waals surface area contributed by atoms with Crippen LogP contribution in [-0.2, 0) is 4.79 Å². The minimum absolute atomic E-state index is 0.0262. The van der Waals surface area contributed by atoms with E-state index in [1.807, 2.05) is 24.3 Å². The van der Waals surface area contributed by atoms with Crippen LogP contribution in [0.3, 0.4) is 0 Å². The van der Waals surface area contributed by atoms with Gasteiger partial charge in [0.2, 0.25) is 5.91 Å². The predicted molar refractivity (Wildman–Crippen MR) is 105 cm³/mol. The zero-order valence-electron chi connectivity index (χ0n) is 14.5. The van der Waals surface area contributed by atoms with E-state index in [1.54, 1.807) is 19.1 Å². The van der Waals surface area contributed by atoms with Gasteiger partial charge >= 0.3 is 0 Å². The van der Waals surface area contributed by atoms with Gasteiger partial charge in [0.15, 0.2) is 0 Å². The Hall–Kier alpha value is -3.19. The van der Waals surface area contributed by atoms with Crippen LogP contribution in [0, 0.1) is 5.82 Å². The Morgan fingerprint density at radius 2 is 1.67 bits per heavy atom. The fraction of sp³-hybridized carbons (Fsp3) is 0.105. The molecule has 138 valence electrons. The van der Waals surface area contributed by atoms with E-state index < -0.39 is 5.82 Å². The summed E-state index contributed by atoms with van der Waals surface area (Å²) in [5.41, 5.74) is 2.06. The van der Waals surface area contributed by atoms with Crippen molar-refractivity contribution in [2.75, 3.05) is 16.0 Å². The minimum Gasteiger partial charge on any atom is -0.340 e. The average molecular weight is 386 g/mol. The first kappa shape index (κ1) is 18.6. The van der Waals surface area contributed by atoms with Gasteiger partial charge in [0.05, 0.1) is 5.02 Å². The van der Waals surface area contributed by atoms with E-state index in [0.717, 1.165) is 5.69 Å². The molecule has 0 aliphatic carbocycles. The summed E-state index contributed by atoms with van der Waals surface area (Å²) in [5.74, 6) is 0.534. The monoisotopic (exact) mass is 385 g/mol. The van der Waals surface area contributed by atoms with Gasteiger partial charge in [-0.25, -0.2) is 14.4 Å². The zero-order valence-corrected chi connectivity index (χ0v) is 15.2. The number of hydrogen-bond acceptors (Lipinski definition) is 5. The van der Waals surface area contributed by atoms with Crippen molar-refractivity contribution < 1.29 is 9.18 Å². The first-order valence-electron chi connectivity index (χ1n) is 8.24. The number of aromatic nitrogens is 2. The SMILES string of the molecule is CCC(=O)Nc1cccc(Nc2cc(Nc3ccc(F)c(Cl)c3)ncn2)c1. The van der Waals surface area contributed by atoms with E-state index in [1.165, 1.54) is 18.5 Å². The molecule has 0 saturated heterocycles. The van der Waals surface area contributed by atoms with Gasteiger partial charge in [0, 0.05) is 29.5 Å². The third-order valence-electron chi connectivity index (χ3n) is 3.60. The van der Waals surface area contributed by atoms with Crippen LogP contribution in [0.1, 0.15) is 13.3 Å². The third-order valence-corrected chi connectivity index (χ3v) is 3.89. The van der Waals surface area contributed by atoms with E-state index in [4.69, 9.17) is 11.6 Å². The number of carbonyl (C=O) groups is 1. The van der Waals surface area contributed by atoms with E-state index in [9.17, 15) is 9.18 Å². The standard InChI is InChI=1S/C19H17ClFN5O/c1-2-19(27)26-13-5-3-4-12(8-13)24-17-10-18(23-11-22-17)25-14-6-7-16(21)15(20)9-14/h3-11H,2H2,1H3,(H,26,27)(H2,22,23,24,25). The summed E-state index contributed by atoms with van der Waals surface area (Å²) in [5, 5.41) is 9.03. The van der Waals surface area contributed by atoms with Gasteiger partial charge in [-0.05, 0) is 36.4 Å². The molecular weight excluding hydrogens is 369 g/mol. The van der Waals surface area contributed by atoms with Crippen LogP contribution in [0.5, 0.6) is 0 Å². The van der Waals surface area contributed by atoms with Crippen molar-refractivity contribution in [2.24, 2.45) is 0 Å². The van der Waals surface area contributed by atoms with E-state index in [0.29, 0.717) is 29.4 Å². The van der Waals surface area contributed by atoms with Crippen LogP contribution in [0.15, 0.2) is 54.9 Å². The molecule has 0 aliphatic rings. The third kappa shape index (κ3) is 5.15. The maximum absolute atomic E-state index is 13.3. The number of nitrogens with zero attached hydrogens (tertiary/aromatic N) is 2. The van der Waals surface area contributed by atoms with E-state index in [2.05, 4.69) is 25.9 Å². The number of hydrogen-bond donors (Lipinski definition) is 3. The number of nitrogens with one attached hydrogen (secondary N) is 3. The summed E-state index contributed by atoms with van der Waals surface area (Å²) in [7, 11) is 0. The summed E-state index contributed by atoms with van der Waals surface area (Å²) in [4.78, 5) is 19.8. The van der Waals surface area contributed by atoms with Gasteiger partial charge in [-0.2, -0.15) is 0 Å². The molecule has 6 nitrogen and oxygen atoms in total. The molecule has 1 aromatic heterocycles. The van der Waals surface area contributed by atoms with Crippen LogP contribution < -0.4 is 16.0 Å². The van der Waals surface area contributed by atoms with Crippen LogP contribution in [-0.4, -0.2) is 15.9 Å². The summed E-state index contributed by atoms with van der Waals surface area (Å²) >= 11 is 5.79. The summed E-state index contributed by atoms with van der Waals surface area (Å²) in [6, 6.07) is 13.3. The Balaban J connectivity index is 1.73. The van der Waals surface area contributed by atoms with Crippen LogP contribution in [0.25, 0.3) is 0 Å². The fourth-order valence-corrected chi connectivity index (χ4v) is 2.47. The molecule has 8 heteroatoms. The molecule has 0 aliphatic heterocycles. The van der Waals surface area contributed by atoms with Crippen molar-refractivity contribution >= 4 is 46.2 Å². The van der Waals surface area contributed by atoms with Gasteiger partial charge < -0.3 is 16.0 Å². The zero-order chi connectivity index (χ0) is 19.2. The Labute approximate surface area is 160 Å². The summed E-state index contributed by atoms with van der Waals surface area (Å²) in [6.45, 7) is 1.79. The molecule has 3 rings (SSSR count). The molecule has 27 heavy (non-hydrogen) atoms. The molecule has 2 aromatic carbocycles. The Morgan fingerprint density at radius 3 is 2.33 bits per heavy atom. The number of halogens is 2. The van der Waals surface area contributed by atoms with Gasteiger partial charge in [-0.3, -0.25) is 4.79 Å². The number of benzene rings is 2. The predicted octanol–water partition coefficient (Wildman–Crippen LogP) is 5.10. The van der Waals surface area contributed by atoms with E-state index >= 15 is 0 Å². The highest BCUT2D eigenvalue weighted by atomic mass is 35.5. The quantitative estimate of drug-likeness (QED) is 0.549. The lowest BCUT2D eigenvalue weighted by molar-refractivity contribution is -0.115.